The molecule has 1 atom stereocenters. The fourth-order valence-corrected chi connectivity index (χ4v) is 4.25. The fourth-order valence-electron chi connectivity index (χ4n) is 3.34. The van der Waals surface area contributed by atoms with Crippen LogP contribution in [0.15, 0.2) is 42.5 Å². The molecule has 0 spiro atoms. The summed E-state index contributed by atoms with van der Waals surface area (Å²) in [6.07, 6.45) is 1.86. The lowest BCUT2D eigenvalue weighted by Crippen LogP contribution is -2.42. The molecule has 0 radical (unpaired) electrons. The highest BCUT2D eigenvalue weighted by Gasteiger charge is 2.25. The van der Waals surface area contributed by atoms with Gasteiger partial charge in [-0.05, 0) is 61.1 Å². The Balaban J connectivity index is 2.27. The average molecular weight is 433 g/mol. The molecule has 0 saturated carbocycles. The van der Waals surface area contributed by atoms with Crippen LogP contribution in [0.25, 0.3) is 0 Å². The van der Waals surface area contributed by atoms with Crippen molar-refractivity contribution in [3.63, 3.8) is 0 Å². The standard InChI is InChI=1S/C23H32N2O4S/c1-16(2)14-21(19-10-12-20(29-5)13-11-19)24-23(26)15-25(30(6,27)28)22-9-7-8-17(3)18(22)4/h7-13,16,21H,14-15H2,1-6H3,(H,24,26). The highest BCUT2D eigenvalue weighted by atomic mass is 32.2. The van der Waals surface area contributed by atoms with Gasteiger partial charge in [0.1, 0.15) is 12.3 Å². The number of benzene rings is 2. The van der Waals surface area contributed by atoms with Crippen LogP contribution < -0.4 is 14.4 Å². The van der Waals surface area contributed by atoms with Crippen molar-refractivity contribution in [2.45, 2.75) is 40.2 Å². The van der Waals surface area contributed by atoms with Gasteiger partial charge >= 0.3 is 0 Å². The molecular formula is C23H32N2O4S. The van der Waals surface area contributed by atoms with Gasteiger partial charge in [-0.3, -0.25) is 9.10 Å². The molecule has 0 bridgehead atoms. The summed E-state index contributed by atoms with van der Waals surface area (Å²) < 4.78 is 31.3. The van der Waals surface area contributed by atoms with Crippen molar-refractivity contribution in [1.29, 1.82) is 0 Å². The number of anilines is 1. The first-order valence-corrected chi connectivity index (χ1v) is 11.8. The number of carbonyl (C=O) groups is 1. The largest absolute Gasteiger partial charge is 0.497 e. The lowest BCUT2D eigenvalue weighted by Gasteiger charge is -2.27. The Labute approximate surface area is 180 Å². The fraction of sp³-hybridized carbons (Fsp3) is 0.435. The van der Waals surface area contributed by atoms with Gasteiger partial charge in [0.25, 0.3) is 0 Å². The molecule has 7 heteroatoms. The second-order valence-corrected chi connectivity index (χ2v) is 9.92. The summed E-state index contributed by atoms with van der Waals surface area (Å²) in [6.45, 7) is 7.68. The highest BCUT2D eigenvalue weighted by Crippen LogP contribution is 2.26. The van der Waals surface area contributed by atoms with Crippen LogP contribution in [0, 0.1) is 19.8 Å². The van der Waals surface area contributed by atoms with E-state index >= 15 is 0 Å². The Bertz CT molecular complexity index is 969. The first kappa shape index (κ1) is 23.7. The van der Waals surface area contributed by atoms with Crippen LogP contribution in [-0.4, -0.2) is 34.2 Å². The molecule has 2 aromatic carbocycles. The minimum atomic E-state index is -3.63. The molecule has 1 amide bonds. The first-order chi connectivity index (χ1) is 14.0. The first-order valence-electron chi connectivity index (χ1n) is 10.00. The van der Waals surface area contributed by atoms with Crippen molar-refractivity contribution in [1.82, 2.24) is 5.32 Å². The van der Waals surface area contributed by atoms with Crippen LogP contribution in [0.5, 0.6) is 5.75 Å². The molecule has 0 aliphatic rings. The minimum Gasteiger partial charge on any atom is -0.497 e. The molecule has 6 nitrogen and oxygen atoms in total. The Kier molecular flexibility index (Phi) is 7.89. The Morgan fingerprint density at radius 1 is 1.10 bits per heavy atom. The summed E-state index contributed by atoms with van der Waals surface area (Å²) in [5.74, 6) is 0.747. The third-order valence-corrected chi connectivity index (χ3v) is 6.22. The van der Waals surface area contributed by atoms with E-state index in [0.29, 0.717) is 11.6 Å². The van der Waals surface area contributed by atoms with Gasteiger partial charge in [-0.1, -0.05) is 38.1 Å². The zero-order chi connectivity index (χ0) is 22.5. The highest BCUT2D eigenvalue weighted by molar-refractivity contribution is 7.92. The van der Waals surface area contributed by atoms with Gasteiger partial charge < -0.3 is 10.1 Å². The minimum absolute atomic E-state index is 0.219. The quantitative estimate of drug-likeness (QED) is 0.650. The van der Waals surface area contributed by atoms with Crippen LogP contribution in [0.1, 0.15) is 43.0 Å². The predicted molar refractivity (Wildman–Crippen MR) is 121 cm³/mol. The molecule has 1 unspecified atom stereocenters. The van der Waals surface area contributed by atoms with E-state index in [9.17, 15) is 13.2 Å². The molecule has 0 fully saturated rings. The van der Waals surface area contributed by atoms with Gasteiger partial charge in [0.15, 0.2) is 0 Å². The smallest absolute Gasteiger partial charge is 0.241 e. The molecule has 164 valence electrons. The van der Waals surface area contributed by atoms with Crippen LogP contribution in [0.4, 0.5) is 5.69 Å². The molecular weight excluding hydrogens is 400 g/mol. The molecule has 0 aliphatic heterocycles. The van der Waals surface area contributed by atoms with Gasteiger partial charge in [0, 0.05) is 0 Å². The monoisotopic (exact) mass is 432 g/mol. The van der Waals surface area contributed by atoms with E-state index in [1.165, 1.54) is 4.31 Å². The Morgan fingerprint density at radius 3 is 2.27 bits per heavy atom. The van der Waals surface area contributed by atoms with Crippen molar-refractivity contribution >= 4 is 21.6 Å². The number of aryl methyl sites for hydroxylation is 1. The number of carbonyl (C=O) groups excluding carboxylic acids is 1. The summed E-state index contributed by atoms with van der Waals surface area (Å²) in [7, 11) is -2.02. The van der Waals surface area contributed by atoms with Crippen LogP contribution in [0.3, 0.4) is 0 Å². The van der Waals surface area contributed by atoms with Crippen LogP contribution >= 0.6 is 0 Å². The SMILES string of the molecule is COc1ccc(C(CC(C)C)NC(=O)CN(c2cccc(C)c2C)S(C)(=O)=O)cc1. The van der Waals surface area contributed by atoms with Crippen molar-refractivity contribution < 1.29 is 17.9 Å². The number of hydrogen-bond donors (Lipinski definition) is 1. The molecule has 0 saturated heterocycles. The average Bonchev–Trinajstić information content (AvgIpc) is 2.67. The Morgan fingerprint density at radius 2 is 1.73 bits per heavy atom. The number of amides is 1. The lowest BCUT2D eigenvalue weighted by molar-refractivity contribution is -0.120. The van der Waals surface area contributed by atoms with Gasteiger partial charge in [0.2, 0.25) is 15.9 Å². The summed E-state index contributed by atoms with van der Waals surface area (Å²) >= 11 is 0. The molecule has 2 rings (SSSR count). The third-order valence-electron chi connectivity index (χ3n) is 5.09. The van der Waals surface area contributed by atoms with Crippen molar-refractivity contribution in [3.05, 3.63) is 59.2 Å². The summed E-state index contributed by atoms with van der Waals surface area (Å²) in [5, 5.41) is 3.02. The van der Waals surface area contributed by atoms with E-state index in [4.69, 9.17) is 4.74 Å². The van der Waals surface area contributed by atoms with E-state index in [1.54, 1.807) is 19.2 Å². The third kappa shape index (κ3) is 6.23. The number of nitrogens with one attached hydrogen (secondary N) is 1. The van der Waals surface area contributed by atoms with E-state index in [-0.39, 0.29) is 18.5 Å². The summed E-state index contributed by atoms with van der Waals surface area (Å²) in [5.41, 5.74) is 3.29. The molecule has 1 N–H and O–H groups in total. The van der Waals surface area contributed by atoms with E-state index in [1.807, 2.05) is 44.2 Å². The number of sulfonamides is 1. The van der Waals surface area contributed by atoms with Crippen molar-refractivity contribution in [2.24, 2.45) is 5.92 Å². The van der Waals surface area contributed by atoms with E-state index < -0.39 is 10.0 Å². The maximum absolute atomic E-state index is 12.9. The predicted octanol–water partition coefficient (Wildman–Crippen LogP) is 3.98. The number of rotatable bonds is 9. The maximum atomic E-state index is 12.9. The molecule has 2 aromatic rings. The Hall–Kier alpha value is -2.54. The zero-order valence-corrected chi connectivity index (χ0v) is 19.4. The molecule has 0 aromatic heterocycles. The number of nitrogens with zero attached hydrogens (tertiary/aromatic N) is 1. The molecule has 0 heterocycles. The zero-order valence-electron chi connectivity index (χ0n) is 18.6. The van der Waals surface area contributed by atoms with Gasteiger partial charge in [0.05, 0.1) is 25.1 Å². The van der Waals surface area contributed by atoms with Crippen molar-refractivity contribution in [3.8, 4) is 5.75 Å². The topological polar surface area (TPSA) is 75.7 Å². The van der Waals surface area contributed by atoms with Gasteiger partial charge in [-0.15, -0.1) is 0 Å². The van der Waals surface area contributed by atoms with E-state index in [2.05, 4.69) is 19.2 Å². The second kappa shape index (κ2) is 9.98. The van der Waals surface area contributed by atoms with E-state index in [0.717, 1.165) is 35.1 Å². The number of hydrogen-bond acceptors (Lipinski definition) is 4. The summed E-state index contributed by atoms with van der Waals surface area (Å²) in [6, 6.07) is 12.8. The number of methoxy groups -OCH3 is 1. The lowest BCUT2D eigenvalue weighted by atomic mass is 9.97. The van der Waals surface area contributed by atoms with Crippen LogP contribution in [0.2, 0.25) is 0 Å². The normalized spacial score (nSPS) is 12.5. The van der Waals surface area contributed by atoms with Gasteiger partial charge in [-0.25, -0.2) is 8.42 Å². The summed E-state index contributed by atoms with van der Waals surface area (Å²) in [4.78, 5) is 12.9. The molecule has 30 heavy (non-hydrogen) atoms. The maximum Gasteiger partial charge on any atom is 0.241 e. The second-order valence-electron chi connectivity index (χ2n) is 8.01. The molecule has 0 aliphatic carbocycles. The van der Waals surface area contributed by atoms with Crippen molar-refractivity contribution in [2.75, 3.05) is 24.2 Å². The number of ether oxygens (including phenoxy) is 1. The van der Waals surface area contributed by atoms with Crippen LogP contribution in [-0.2, 0) is 14.8 Å². The van der Waals surface area contributed by atoms with Gasteiger partial charge in [-0.2, -0.15) is 0 Å².